The zero-order valence-corrected chi connectivity index (χ0v) is 17.7. The summed E-state index contributed by atoms with van der Waals surface area (Å²) >= 11 is 0. The first-order chi connectivity index (χ1) is 16.0. The van der Waals surface area contributed by atoms with Gasteiger partial charge in [-0.1, -0.05) is 48.5 Å². The smallest absolute Gasteiger partial charge is 0.327 e. The van der Waals surface area contributed by atoms with Gasteiger partial charge in [-0.25, -0.2) is 0 Å². The van der Waals surface area contributed by atoms with Crippen molar-refractivity contribution in [2.45, 2.75) is 6.10 Å². The average molecular weight is 444 g/mol. The summed E-state index contributed by atoms with van der Waals surface area (Å²) in [4.78, 5) is 51.6. The number of carbonyl (C=O) groups excluding carboxylic acids is 4. The van der Waals surface area contributed by atoms with Crippen LogP contribution in [0.25, 0.3) is 0 Å². The van der Waals surface area contributed by atoms with Crippen LogP contribution in [0.1, 0.15) is 32.4 Å². The van der Waals surface area contributed by atoms with Crippen LogP contribution >= 0.6 is 0 Å². The topological polar surface area (TPSA) is 102 Å². The van der Waals surface area contributed by atoms with Crippen molar-refractivity contribution in [3.8, 4) is 5.75 Å². The number of imide groups is 1. The summed E-state index contributed by atoms with van der Waals surface area (Å²) in [5.41, 5.74) is 1.35. The van der Waals surface area contributed by atoms with Gasteiger partial charge in [0.05, 0.1) is 18.2 Å². The molecule has 0 aromatic heterocycles. The second kappa shape index (κ2) is 9.35. The fourth-order valence-corrected chi connectivity index (χ4v) is 3.49. The number of nitrogens with one attached hydrogen (secondary N) is 1. The molecule has 1 heterocycles. The van der Waals surface area contributed by atoms with Crippen LogP contribution in [0.3, 0.4) is 0 Å². The van der Waals surface area contributed by atoms with Crippen molar-refractivity contribution in [1.29, 1.82) is 0 Å². The molecule has 1 aliphatic rings. The van der Waals surface area contributed by atoms with Crippen LogP contribution in [0, 0.1) is 0 Å². The molecule has 0 radical (unpaired) electrons. The third-order valence-corrected chi connectivity index (χ3v) is 5.09. The van der Waals surface area contributed by atoms with Gasteiger partial charge >= 0.3 is 5.97 Å². The number of ether oxygens (including phenoxy) is 2. The Morgan fingerprint density at radius 1 is 0.879 bits per heavy atom. The van der Waals surface area contributed by atoms with Crippen molar-refractivity contribution in [2.24, 2.45) is 0 Å². The quantitative estimate of drug-likeness (QED) is 0.444. The molecule has 1 aliphatic heterocycles. The van der Waals surface area contributed by atoms with Gasteiger partial charge in [-0.15, -0.1) is 0 Å². The molecule has 1 atom stereocenters. The highest BCUT2D eigenvalue weighted by Gasteiger charge is 2.37. The minimum atomic E-state index is -1.29. The molecule has 33 heavy (non-hydrogen) atoms. The number of methoxy groups -OCH3 is 1. The largest absolute Gasteiger partial charge is 0.497 e. The highest BCUT2D eigenvalue weighted by Crippen LogP contribution is 2.25. The van der Waals surface area contributed by atoms with E-state index in [0.717, 1.165) is 4.90 Å². The summed E-state index contributed by atoms with van der Waals surface area (Å²) < 4.78 is 10.6. The molecule has 166 valence electrons. The standard InChI is InChI=1S/C25H20N2O6/c1-32-18-11-7-10-17(14-18)26-23(29)22(16-8-3-2-4-9-16)33-21(28)15-27-24(30)19-12-5-6-13-20(19)25(27)31/h2-14,22H,15H2,1H3,(H,26,29)/t22-/m0/s1. The predicted octanol–water partition coefficient (Wildman–Crippen LogP) is 3.21. The summed E-state index contributed by atoms with van der Waals surface area (Å²) in [5, 5.41) is 2.70. The summed E-state index contributed by atoms with van der Waals surface area (Å²) in [6.07, 6.45) is -1.29. The maximum atomic E-state index is 13.0. The number of carbonyl (C=O) groups is 4. The summed E-state index contributed by atoms with van der Waals surface area (Å²) in [6.45, 7) is -0.609. The van der Waals surface area contributed by atoms with Gasteiger partial charge in [0.25, 0.3) is 17.7 Å². The van der Waals surface area contributed by atoms with E-state index in [9.17, 15) is 19.2 Å². The van der Waals surface area contributed by atoms with Gasteiger partial charge < -0.3 is 14.8 Å². The van der Waals surface area contributed by atoms with Crippen molar-refractivity contribution in [2.75, 3.05) is 19.0 Å². The lowest BCUT2D eigenvalue weighted by Gasteiger charge is -2.20. The fourth-order valence-electron chi connectivity index (χ4n) is 3.49. The van der Waals surface area contributed by atoms with Crippen LogP contribution in [0.2, 0.25) is 0 Å². The van der Waals surface area contributed by atoms with E-state index in [1.54, 1.807) is 66.7 Å². The van der Waals surface area contributed by atoms with Crippen LogP contribution in [0.5, 0.6) is 5.75 Å². The Morgan fingerprint density at radius 3 is 2.15 bits per heavy atom. The summed E-state index contributed by atoms with van der Waals surface area (Å²) in [5.74, 6) is -2.09. The lowest BCUT2D eigenvalue weighted by molar-refractivity contribution is -0.154. The first-order valence-electron chi connectivity index (χ1n) is 10.1. The molecule has 0 spiro atoms. The van der Waals surface area contributed by atoms with Crippen molar-refractivity contribution >= 4 is 29.4 Å². The molecule has 3 aromatic carbocycles. The molecule has 8 heteroatoms. The Kier molecular flexibility index (Phi) is 6.17. The summed E-state index contributed by atoms with van der Waals surface area (Å²) in [6, 6.07) is 21.5. The average Bonchev–Trinajstić information content (AvgIpc) is 3.08. The van der Waals surface area contributed by atoms with Crippen LogP contribution in [0.15, 0.2) is 78.9 Å². The van der Waals surface area contributed by atoms with Crippen molar-refractivity contribution in [1.82, 2.24) is 4.90 Å². The number of nitrogens with zero attached hydrogens (tertiary/aromatic N) is 1. The molecule has 0 bridgehead atoms. The Balaban J connectivity index is 1.51. The molecule has 0 saturated carbocycles. The maximum Gasteiger partial charge on any atom is 0.327 e. The van der Waals surface area contributed by atoms with Crippen molar-refractivity contribution < 1.29 is 28.7 Å². The van der Waals surface area contributed by atoms with E-state index in [0.29, 0.717) is 17.0 Å². The molecular formula is C25H20N2O6. The minimum absolute atomic E-state index is 0.227. The number of amides is 3. The zero-order chi connectivity index (χ0) is 23.4. The number of fused-ring (bicyclic) bond motifs is 1. The third-order valence-electron chi connectivity index (χ3n) is 5.09. The van der Waals surface area contributed by atoms with Gasteiger partial charge in [0.15, 0.2) is 0 Å². The lowest BCUT2D eigenvalue weighted by Crippen LogP contribution is -2.37. The zero-order valence-electron chi connectivity index (χ0n) is 17.7. The minimum Gasteiger partial charge on any atom is -0.497 e. The predicted molar refractivity (Wildman–Crippen MR) is 119 cm³/mol. The molecule has 3 aromatic rings. The second-order valence-electron chi connectivity index (χ2n) is 7.24. The first-order valence-corrected chi connectivity index (χ1v) is 10.1. The van der Waals surface area contributed by atoms with Gasteiger partial charge in [0.2, 0.25) is 6.10 Å². The van der Waals surface area contributed by atoms with Crippen LogP contribution < -0.4 is 10.1 Å². The number of anilines is 1. The highest BCUT2D eigenvalue weighted by molar-refractivity contribution is 6.22. The molecule has 8 nitrogen and oxygen atoms in total. The van der Waals surface area contributed by atoms with Crippen LogP contribution in [0.4, 0.5) is 5.69 Å². The molecule has 3 amide bonds. The number of rotatable bonds is 7. The monoisotopic (exact) mass is 444 g/mol. The normalized spacial score (nSPS) is 13.3. The van der Waals surface area contributed by atoms with E-state index >= 15 is 0 Å². The second-order valence-corrected chi connectivity index (χ2v) is 7.24. The van der Waals surface area contributed by atoms with Gasteiger partial charge in [-0.05, 0) is 24.3 Å². The molecule has 1 N–H and O–H groups in total. The van der Waals surface area contributed by atoms with Gasteiger partial charge in [0, 0.05) is 17.3 Å². The van der Waals surface area contributed by atoms with E-state index in [-0.39, 0.29) is 11.1 Å². The number of hydrogen-bond donors (Lipinski definition) is 1. The molecule has 0 aliphatic carbocycles. The van der Waals surface area contributed by atoms with Gasteiger partial charge in [-0.2, -0.15) is 0 Å². The molecule has 4 rings (SSSR count). The number of benzene rings is 3. The van der Waals surface area contributed by atoms with Crippen molar-refractivity contribution in [3.05, 3.63) is 95.6 Å². The Bertz CT molecular complexity index is 1190. The van der Waals surface area contributed by atoms with Gasteiger partial charge in [-0.3, -0.25) is 24.1 Å². The van der Waals surface area contributed by atoms with E-state index < -0.39 is 36.3 Å². The lowest BCUT2D eigenvalue weighted by atomic mass is 10.1. The Hall–Kier alpha value is -4.46. The van der Waals surface area contributed by atoms with E-state index in [4.69, 9.17) is 9.47 Å². The van der Waals surface area contributed by atoms with Crippen LogP contribution in [-0.4, -0.2) is 42.2 Å². The van der Waals surface area contributed by atoms with E-state index in [1.165, 1.54) is 19.2 Å². The highest BCUT2D eigenvalue weighted by atomic mass is 16.5. The van der Waals surface area contributed by atoms with Crippen molar-refractivity contribution in [3.63, 3.8) is 0 Å². The SMILES string of the molecule is COc1cccc(NC(=O)[C@@H](OC(=O)CN2C(=O)c3ccccc3C2=O)c2ccccc2)c1. The first kappa shape index (κ1) is 21.8. The number of hydrogen-bond acceptors (Lipinski definition) is 6. The molecular weight excluding hydrogens is 424 g/mol. The molecule has 0 fully saturated rings. The fraction of sp³-hybridized carbons (Fsp3) is 0.120. The Labute approximate surface area is 189 Å². The van der Waals surface area contributed by atoms with E-state index in [2.05, 4.69) is 5.32 Å². The molecule has 0 unspecified atom stereocenters. The van der Waals surface area contributed by atoms with E-state index in [1.807, 2.05) is 0 Å². The van der Waals surface area contributed by atoms with Crippen LogP contribution in [-0.2, 0) is 14.3 Å². The third kappa shape index (κ3) is 4.59. The van der Waals surface area contributed by atoms with Gasteiger partial charge in [0.1, 0.15) is 12.3 Å². The maximum absolute atomic E-state index is 13.0. The Morgan fingerprint density at radius 2 is 1.52 bits per heavy atom. The number of esters is 1. The summed E-state index contributed by atoms with van der Waals surface area (Å²) in [7, 11) is 1.51. The molecule has 0 saturated heterocycles.